The summed E-state index contributed by atoms with van der Waals surface area (Å²) in [6.45, 7) is 2.81. The third-order valence-corrected chi connectivity index (χ3v) is 5.93. The van der Waals surface area contributed by atoms with Crippen molar-refractivity contribution >= 4 is 0 Å². The summed E-state index contributed by atoms with van der Waals surface area (Å²) in [4.78, 5) is 2.32. The van der Waals surface area contributed by atoms with E-state index in [1.54, 1.807) is 21.3 Å². The van der Waals surface area contributed by atoms with E-state index < -0.39 is 6.10 Å². The zero-order valence-corrected chi connectivity index (χ0v) is 19.4. The SMILES string of the molecule is COc1cc(CN2CCOc3ccc(C(O)Cc4ccccc4)cc3C2)cc(OC)c1OC. The van der Waals surface area contributed by atoms with Gasteiger partial charge < -0.3 is 24.1 Å². The average Bonchev–Trinajstić information content (AvgIpc) is 3.04. The Labute approximate surface area is 195 Å². The summed E-state index contributed by atoms with van der Waals surface area (Å²) in [5.74, 6) is 2.75. The lowest BCUT2D eigenvalue weighted by Gasteiger charge is -2.21. The summed E-state index contributed by atoms with van der Waals surface area (Å²) in [5, 5.41) is 10.8. The highest BCUT2D eigenvalue weighted by Crippen LogP contribution is 2.39. The molecule has 6 nitrogen and oxygen atoms in total. The van der Waals surface area contributed by atoms with Gasteiger partial charge in [-0.2, -0.15) is 0 Å². The van der Waals surface area contributed by atoms with Gasteiger partial charge in [0.25, 0.3) is 0 Å². The minimum Gasteiger partial charge on any atom is -0.493 e. The molecule has 0 bridgehead atoms. The van der Waals surface area contributed by atoms with Gasteiger partial charge in [-0.3, -0.25) is 4.90 Å². The number of aliphatic hydroxyl groups is 1. The number of fused-ring (bicyclic) bond motifs is 1. The van der Waals surface area contributed by atoms with E-state index in [2.05, 4.69) is 11.0 Å². The van der Waals surface area contributed by atoms with Gasteiger partial charge in [-0.05, 0) is 41.0 Å². The molecular formula is C27H31NO5. The second kappa shape index (κ2) is 10.6. The number of methoxy groups -OCH3 is 3. The monoisotopic (exact) mass is 449 g/mol. The van der Waals surface area contributed by atoms with E-state index in [-0.39, 0.29) is 0 Å². The molecule has 4 rings (SSSR count). The Morgan fingerprint density at radius 1 is 0.909 bits per heavy atom. The highest BCUT2D eigenvalue weighted by molar-refractivity contribution is 5.53. The lowest BCUT2D eigenvalue weighted by Crippen LogP contribution is -2.25. The minimum absolute atomic E-state index is 0.565. The van der Waals surface area contributed by atoms with Crippen LogP contribution in [-0.4, -0.2) is 44.5 Å². The van der Waals surface area contributed by atoms with E-state index in [9.17, 15) is 5.11 Å². The van der Waals surface area contributed by atoms with Crippen molar-refractivity contribution in [2.45, 2.75) is 25.6 Å². The lowest BCUT2D eigenvalue weighted by atomic mass is 9.99. The normalized spacial score (nSPS) is 14.5. The Morgan fingerprint density at radius 2 is 1.64 bits per heavy atom. The molecular weight excluding hydrogens is 418 g/mol. The van der Waals surface area contributed by atoms with Crippen molar-refractivity contribution in [3.63, 3.8) is 0 Å². The third kappa shape index (κ3) is 5.41. The minimum atomic E-state index is -0.565. The highest BCUT2D eigenvalue weighted by Gasteiger charge is 2.20. The summed E-state index contributed by atoms with van der Waals surface area (Å²) < 4.78 is 22.5. The van der Waals surface area contributed by atoms with E-state index in [0.29, 0.717) is 36.8 Å². The van der Waals surface area contributed by atoms with Gasteiger partial charge >= 0.3 is 0 Å². The lowest BCUT2D eigenvalue weighted by molar-refractivity contribution is 0.178. The molecule has 33 heavy (non-hydrogen) atoms. The van der Waals surface area contributed by atoms with Gasteiger partial charge in [0.05, 0.1) is 27.4 Å². The first-order valence-electron chi connectivity index (χ1n) is 11.1. The summed E-state index contributed by atoms with van der Waals surface area (Å²) in [5.41, 5.74) is 4.15. The molecule has 6 heteroatoms. The van der Waals surface area contributed by atoms with Gasteiger partial charge in [-0.25, -0.2) is 0 Å². The van der Waals surface area contributed by atoms with Crippen LogP contribution in [0.2, 0.25) is 0 Å². The molecule has 174 valence electrons. The standard InChI is InChI=1S/C27H31NO5/c1-30-25-14-20(15-26(31-2)27(25)32-3)17-28-11-12-33-24-10-9-21(16-22(24)18-28)23(29)13-19-7-5-4-6-8-19/h4-10,14-16,23,29H,11-13,17-18H2,1-3H3. The van der Waals surface area contributed by atoms with Gasteiger partial charge in [0, 0.05) is 31.6 Å². The predicted molar refractivity (Wildman–Crippen MR) is 127 cm³/mol. The molecule has 0 aromatic heterocycles. The van der Waals surface area contributed by atoms with Crippen molar-refractivity contribution < 1.29 is 24.1 Å². The fourth-order valence-electron chi connectivity index (χ4n) is 4.25. The number of rotatable bonds is 8. The topological polar surface area (TPSA) is 60.4 Å². The van der Waals surface area contributed by atoms with Crippen LogP contribution in [0.1, 0.15) is 28.4 Å². The molecule has 3 aromatic rings. The van der Waals surface area contributed by atoms with Crippen molar-refractivity contribution in [1.82, 2.24) is 4.90 Å². The Kier molecular flexibility index (Phi) is 7.37. The van der Waals surface area contributed by atoms with Crippen molar-refractivity contribution in [2.75, 3.05) is 34.5 Å². The van der Waals surface area contributed by atoms with Crippen LogP contribution in [0.25, 0.3) is 0 Å². The number of ether oxygens (including phenoxy) is 4. The van der Waals surface area contributed by atoms with Gasteiger partial charge in [0.1, 0.15) is 12.4 Å². The number of aliphatic hydroxyl groups excluding tert-OH is 1. The van der Waals surface area contributed by atoms with Crippen molar-refractivity contribution in [2.24, 2.45) is 0 Å². The molecule has 0 saturated heterocycles. The first-order valence-corrected chi connectivity index (χ1v) is 11.1. The molecule has 0 spiro atoms. The first-order chi connectivity index (χ1) is 16.1. The molecule has 0 radical (unpaired) electrons. The average molecular weight is 450 g/mol. The number of hydrogen-bond acceptors (Lipinski definition) is 6. The van der Waals surface area contributed by atoms with E-state index >= 15 is 0 Å². The number of nitrogens with zero attached hydrogens (tertiary/aromatic N) is 1. The van der Waals surface area contributed by atoms with Gasteiger partial charge in [0.15, 0.2) is 11.5 Å². The maximum Gasteiger partial charge on any atom is 0.203 e. The Morgan fingerprint density at radius 3 is 2.30 bits per heavy atom. The van der Waals surface area contributed by atoms with Gasteiger partial charge in [-0.1, -0.05) is 36.4 Å². The summed E-state index contributed by atoms with van der Waals surface area (Å²) in [7, 11) is 4.85. The second-order valence-electron chi connectivity index (χ2n) is 8.17. The quantitative estimate of drug-likeness (QED) is 0.551. The van der Waals surface area contributed by atoms with Crippen LogP contribution in [0.15, 0.2) is 60.7 Å². The second-order valence-corrected chi connectivity index (χ2v) is 8.17. The Hall–Kier alpha value is -3.22. The summed E-state index contributed by atoms with van der Waals surface area (Å²) in [6, 6.07) is 20.0. The maximum atomic E-state index is 10.8. The molecule has 3 aromatic carbocycles. The molecule has 1 N–H and O–H groups in total. The van der Waals surface area contributed by atoms with E-state index in [0.717, 1.165) is 41.1 Å². The summed E-state index contributed by atoms with van der Waals surface area (Å²) in [6.07, 6.45) is 0.0137. The van der Waals surface area contributed by atoms with Crippen LogP contribution in [0.3, 0.4) is 0 Å². The van der Waals surface area contributed by atoms with Crippen LogP contribution in [0.4, 0.5) is 0 Å². The molecule has 1 aliphatic rings. The number of hydrogen-bond donors (Lipinski definition) is 1. The molecule has 1 unspecified atom stereocenters. The van der Waals surface area contributed by atoms with Crippen molar-refractivity contribution in [3.8, 4) is 23.0 Å². The fourth-order valence-corrected chi connectivity index (χ4v) is 4.25. The Bertz CT molecular complexity index is 1040. The predicted octanol–water partition coefficient (Wildman–Crippen LogP) is 4.38. The highest BCUT2D eigenvalue weighted by atomic mass is 16.5. The van der Waals surface area contributed by atoms with E-state index in [1.165, 1.54) is 0 Å². The van der Waals surface area contributed by atoms with Crippen LogP contribution in [0.5, 0.6) is 23.0 Å². The largest absolute Gasteiger partial charge is 0.493 e. The maximum absolute atomic E-state index is 10.8. The van der Waals surface area contributed by atoms with Crippen LogP contribution >= 0.6 is 0 Å². The molecule has 0 fully saturated rings. The fraction of sp³-hybridized carbons (Fsp3) is 0.333. The first kappa shape index (κ1) is 23.0. The molecule has 0 saturated carbocycles. The number of benzene rings is 3. The van der Waals surface area contributed by atoms with Gasteiger partial charge in [-0.15, -0.1) is 0 Å². The zero-order chi connectivity index (χ0) is 23.2. The van der Waals surface area contributed by atoms with Crippen molar-refractivity contribution in [3.05, 3.63) is 82.9 Å². The molecule has 0 aliphatic carbocycles. The van der Waals surface area contributed by atoms with Crippen LogP contribution in [-0.2, 0) is 19.5 Å². The van der Waals surface area contributed by atoms with Gasteiger partial charge in [0.2, 0.25) is 5.75 Å². The molecule has 1 atom stereocenters. The molecule has 1 heterocycles. The van der Waals surface area contributed by atoms with Crippen LogP contribution < -0.4 is 18.9 Å². The third-order valence-electron chi connectivity index (χ3n) is 5.93. The van der Waals surface area contributed by atoms with E-state index in [1.807, 2.05) is 54.6 Å². The van der Waals surface area contributed by atoms with Crippen molar-refractivity contribution in [1.29, 1.82) is 0 Å². The summed E-state index contributed by atoms with van der Waals surface area (Å²) >= 11 is 0. The zero-order valence-electron chi connectivity index (χ0n) is 19.4. The Balaban J connectivity index is 1.52. The van der Waals surface area contributed by atoms with E-state index in [4.69, 9.17) is 18.9 Å². The van der Waals surface area contributed by atoms with Crippen LogP contribution in [0, 0.1) is 0 Å². The molecule has 0 amide bonds. The molecule has 1 aliphatic heterocycles. The smallest absolute Gasteiger partial charge is 0.203 e.